The fourth-order valence-electron chi connectivity index (χ4n) is 4.36. The van der Waals surface area contributed by atoms with Gasteiger partial charge in [-0.1, -0.05) is 30.3 Å². The van der Waals surface area contributed by atoms with Gasteiger partial charge in [-0.05, 0) is 50.8 Å². The molecule has 148 valence electrons. The molecule has 1 aromatic rings. The number of benzene rings is 1. The van der Waals surface area contributed by atoms with Crippen LogP contribution in [0.4, 0.5) is 0 Å². The second kappa shape index (κ2) is 8.72. The monoisotopic (exact) mass is 370 g/mol. The number of hydrogen-bond acceptors (Lipinski definition) is 4. The van der Waals surface area contributed by atoms with E-state index in [1.165, 1.54) is 19.4 Å². The van der Waals surface area contributed by atoms with Gasteiger partial charge < -0.3 is 15.1 Å². The third kappa shape index (κ3) is 4.89. The van der Waals surface area contributed by atoms with Crippen molar-refractivity contribution in [2.24, 2.45) is 5.92 Å². The molecule has 3 aliphatic rings. The number of carbonyl (C=O) groups is 1. The summed E-state index contributed by atoms with van der Waals surface area (Å²) in [6.07, 6.45) is 4.97. The first kappa shape index (κ1) is 18.9. The van der Waals surface area contributed by atoms with E-state index < -0.39 is 0 Å². The molecule has 2 saturated heterocycles. The molecule has 1 N–H and O–H groups in total. The van der Waals surface area contributed by atoms with E-state index in [0.717, 1.165) is 63.6 Å². The Morgan fingerprint density at radius 2 is 1.67 bits per heavy atom. The first-order valence-corrected chi connectivity index (χ1v) is 10.7. The minimum Gasteiger partial charge on any atom is -0.341 e. The van der Waals surface area contributed by atoms with Gasteiger partial charge in [0.05, 0.1) is 0 Å². The predicted molar refractivity (Wildman–Crippen MR) is 109 cm³/mol. The fraction of sp³-hybridized carbons (Fsp3) is 0.682. The lowest BCUT2D eigenvalue weighted by molar-refractivity contribution is -0.139. The summed E-state index contributed by atoms with van der Waals surface area (Å²) in [6, 6.07) is 10.8. The van der Waals surface area contributed by atoms with E-state index in [4.69, 9.17) is 0 Å². The van der Waals surface area contributed by atoms with Crippen LogP contribution in [0.15, 0.2) is 30.3 Å². The molecule has 27 heavy (non-hydrogen) atoms. The number of piperazine rings is 1. The van der Waals surface area contributed by atoms with E-state index in [-0.39, 0.29) is 6.04 Å². The third-order valence-electron chi connectivity index (χ3n) is 6.45. The molecule has 5 nitrogen and oxygen atoms in total. The summed E-state index contributed by atoms with van der Waals surface area (Å²) in [4.78, 5) is 20.4. The Balaban J connectivity index is 1.39. The topological polar surface area (TPSA) is 38.8 Å². The van der Waals surface area contributed by atoms with Gasteiger partial charge in [-0.15, -0.1) is 0 Å². The van der Waals surface area contributed by atoms with E-state index in [1.54, 1.807) is 0 Å². The number of nitrogens with one attached hydrogen (secondary N) is 1. The van der Waals surface area contributed by atoms with Crippen LogP contribution in [0.5, 0.6) is 0 Å². The molecule has 4 rings (SSSR count). The van der Waals surface area contributed by atoms with Crippen LogP contribution in [0.1, 0.15) is 37.3 Å². The van der Waals surface area contributed by atoms with Gasteiger partial charge in [0.25, 0.3) is 0 Å². The molecule has 0 bridgehead atoms. The van der Waals surface area contributed by atoms with E-state index in [2.05, 4.69) is 51.3 Å². The van der Waals surface area contributed by atoms with Crippen molar-refractivity contribution in [3.05, 3.63) is 35.9 Å². The molecule has 0 spiro atoms. The van der Waals surface area contributed by atoms with Crippen molar-refractivity contribution >= 4 is 5.91 Å². The number of likely N-dealkylation sites (N-methyl/N-ethyl adjacent to an activating group) is 1. The van der Waals surface area contributed by atoms with E-state index in [0.29, 0.717) is 11.9 Å². The second-order valence-electron chi connectivity index (χ2n) is 8.60. The molecule has 2 heterocycles. The zero-order valence-electron chi connectivity index (χ0n) is 16.6. The molecule has 5 heteroatoms. The Morgan fingerprint density at radius 1 is 1.00 bits per heavy atom. The quantitative estimate of drug-likeness (QED) is 0.831. The summed E-state index contributed by atoms with van der Waals surface area (Å²) in [6.45, 7) is 6.93. The molecular formula is C22H34N4O. The summed E-state index contributed by atoms with van der Waals surface area (Å²) < 4.78 is 0. The van der Waals surface area contributed by atoms with Crippen LogP contribution in [0.2, 0.25) is 0 Å². The van der Waals surface area contributed by atoms with Crippen molar-refractivity contribution in [1.82, 2.24) is 20.0 Å². The summed E-state index contributed by atoms with van der Waals surface area (Å²) in [5.41, 5.74) is 1.14. The van der Waals surface area contributed by atoms with Gasteiger partial charge in [0, 0.05) is 45.3 Å². The Hall–Kier alpha value is -1.43. The normalized spacial score (nSPS) is 24.1. The first-order valence-electron chi connectivity index (χ1n) is 10.7. The zero-order chi connectivity index (χ0) is 18.6. The van der Waals surface area contributed by atoms with Crippen molar-refractivity contribution in [3.63, 3.8) is 0 Å². The molecule has 0 aromatic heterocycles. The fourth-order valence-corrected chi connectivity index (χ4v) is 4.36. The minimum absolute atomic E-state index is 0.129. The molecule has 1 atom stereocenters. The molecule has 1 aromatic carbocycles. The van der Waals surface area contributed by atoms with Gasteiger partial charge in [-0.25, -0.2) is 0 Å². The van der Waals surface area contributed by atoms with Gasteiger partial charge in [-0.2, -0.15) is 0 Å². The molecule has 1 aliphatic carbocycles. The Bertz CT molecular complexity index is 602. The van der Waals surface area contributed by atoms with Crippen LogP contribution in [0.25, 0.3) is 0 Å². The number of hydrogen-bond donors (Lipinski definition) is 1. The van der Waals surface area contributed by atoms with Crippen LogP contribution >= 0.6 is 0 Å². The number of rotatable bonds is 6. The van der Waals surface area contributed by atoms with Crippen molar-refractivity contribution in [2.45, 2.75) is 37.8 Å². The van der Waals surface area contributed by atoms with E-state index in [1.807, 2.05) is 6.07 Å². The lowest BCUT2D eigenvalue weighted by Crippen LogP contribution is -2.53. The summed E-state index contributed by atoms with van der Waals surface area (Å²) in [5.74, 6) is 1.22. The highest BCUT2D eigenvalue weighted by atomic mass is 16.2. The van der Waals surface area contributed by atoms with E-state index >= 15 is 0 Å². The predicted octanol–water partition coefficient (Wildman–Crippen LogP) is 1.97. The molecule has 1 unspecified atom stereocenters. The highest BCUT2D eigenvalue weighted by Crippen LogP contribution is 2.29. The zero-order valence-corrected chi connectivity index (χ0v) is 16.6. The third-order valence-corrected chi connectivity index (χ3v) is 6.45. The van der Waals surface area contributed by atoms with E-state index in [9.17, 15) is 4.79 Å². The standard InChI is InChI=1S/C22H34N4O/c1-24-13-15-25(16-14-24)21(19-5-3-2-4-6-19)22(27)26-11-9-20(10-12-26)23-17-18-7-8-18/h2-6,18,20-21,23H,7-17H2,1H3. The Labute approximate surface area is 163 Å². The van der Waals surface area contributed by atoms with Crippen molar-refractivity contribution in [2.75, 3.05) is 52.9 Å². The van der Waals surface area contributed by atoms with Crippen LogP contribution in [-0.2, 0) is 4.79 Å². The summed E-state index contributed by atoms with van der Waals surface area (Å²) >= 11 is 0. The highest BCUT2D eigenvalue weighted by molar-refractivity contribution is 5.83. The highest BCUT2D eigenvalue weighted by Gasteiger charge is 2.34. The average Bonchev–Trinajstić information content (AvgIpc) is 3.54. The second-order valence-corrected chi connectivity index (χ2v) is 8.60. The van der Waals surface area contributed by atoms with Crippen molar-refractivity contribution in [1.29, 1.82) is 0 Å². The van der Waals surface area contributed by atoms with Gasteiger partial charge in [0.1, 0.15) is 6.04 Å². The smallest absolute Gasteiger partial charge is 0.244 e. The maximum absolute atomic E-state index is 13.5. The van der Waals surface area contributed by atoms with Gasteiger partial charge >= 0.3 is 0 Å². The maximum atomic E-state index is 13.5. The maximum Gasteiger partial charge on any atom is 0.244 e. The molecule has 3 fully saturated rings. The van der Waals surface area contributed by atoms with Gasteiger partial charge in [-0.3, -0.25) is 9.69 Å². The van der Waals surface area contributed by atoms with Crippen LogP contribution in [-0.4, -0.2) is 79.5 Å². The number of amides is 1. The van der Waals surface area contributed by atoms with Crippen LogP contribution < -0.4 is 5.32 Å². The SMILES string of the molecule is CN1CCN(C(C(=O)N2CCC(NCC3CC3)CC2)c2ccccc2)CC1. The molecular weight excluding hydrogens is 336 g/mol. The molecule has 1 saturated carbocycles. The minimum atomic E-state index is -0.129. The van der Waals surface area contributed by atoms with Crippen molar-refractivity contribution < 1.29 is 4.79 Å². The number of likely N-dealkylation sites (tertiary alicyclic amines) is 1. The Kier molecular flexibility index (Phi) is 6.11. The number of carbonyl (C=O) groups excluding carboxylic acids is 1. The van der Waals surface area contributed by atoms with Crippen LogP contribution in [0, 0.1) is 5.92 Å². The summed E-state index contributed by atoms with van der Waals surface area (Å²) in [7, 11) is 2.16. The lowest BCUT2D eigenvalue weighted by atomic mass is 9.99. The van der Waals surface area contributed by atoms with Crippen molar-refractivity contribution in [3.8, 4) is 0 Å². The summed E-state index contributed by atoms with van der Waals surface area (Å²) in [5, 5.41) is 3.72. The molecule has 1 amide bonds. The largest absolute Gasteiger partial charge is 0.341 e. The van der Waals surface area contributed by atoms with Gasteiger partial charge in [0.2, 0.25) is 5.91 Å². The number of nitrogens with zero attached hydrogens (tertiary/aromatic N) is 3. The number of piperidine rings is 1. The average molecular weight is 371 g/mol. The molecule has 2 aliphatic heterocycles. The first-order chi connectivity index (χ1) is 13.2. The Morgan fingerprint density at radius 3 is 2.30 bits per heavy atom. The van der Waals surface area contributed by atoms with Crippen LogP contribution in [0.3, 0.4) is 0 Å². The molecule has 0 radical (unpaired) electrons. The van der Waals surface area contributed by atoms with Gasteiger partial charge in [0.15, 0.2) is 0 Å². The lowest BCUT2D eigenvalue weighted by Gasteiger charge is -2.41.